The summed E-state index contributed by atoms with van der Waals surface area (Å²) < 4.78 is 0. The summed E-state index contributed by atoms with van der Waals surface area (Å²) in [6.07, 6.45) is 1.43. The Morgan fingerprint density at radius 1 is 1.12 bits per heavy atom. The number of nitrogens with one attached hydrogen (secondary N) is 2. The highest BCUT2D eigenvalue weighted by molar-refractivity contribution is 5.94. The van der Waals surface area contributed by atoms with Crippen LogP contribution >= 0.6 is 0 Å². The molecule has 0 spiro atoms. The fourth-order valence-electron chi connectivity index (χ4n) is 3.88. The molecule has 3 amide bonds. The van der Waals surface area contributed by atoms with Crippen LogP contribution in [0.1, 0.15) is 38.7 Å². The van der Waals surface area contributed by atoms with Crippen molar-refractivity contribution in [1.29, 1.82) is 0 Å². The summed E-state index contributed by atoms with van der Waals surface area (Å²) in [7, 11) is 0. The van der Waals surface area contributed by atoms with Gasteiger partial charge in [0, 0.05) is 13.0 Å². The fraction of sp³-hybridized carbons (Fsp3) is 0.565. The lowest BCUT2D eigenvalue weighted by Crippen LogP contribution is -2.57. The van der Waals surface area contributed by atoms with Crippen LogP contribution in [-0.4, -0.2) is 76.1 Å². The van der Waals surface area contributed by atoms with Crippen molar-refractivity contribution in [2.24, 2.45) is 11.7 Å². The number of hydrogen-bond acceptors (Lipinski definition) is 6. The molecule has 4 unspecified atom stereocenters. The van der Waals surface area contributed by atoms with Crippen LogP contribution in [0, 0.1) is 5.92 Å². The van der Waals surface area contributed by atoms with Crippen LogP contribution in [-0.2, 0) is 25.6 Å². The Morgan fingerprint density at radius 2 is 1.79 bits per heavy atom. The summed E-state index contributed by atoms with van der Waals surface area (Å²) >= 11 is 0. The summed E-state index contributed by atoms with van der Waals surface area (Å²) in [5, 5.41) is 23.9. The second-order valence-corrected chi connectivity index (χ2v) is 8.76. The zero-order valence-corrected chi connectivity index (χ0v) is 19.1. The van der Waals surface area contributed by atoms with E-state index in [4.69, 9.17) is 10.8 Å². The zero-order chi connectivity index (χ0) is 24.5. The maximum atomic E-state index is 13.3. The van der Waals surface area contributed by atoms with E-state index in [1.807, 2.05) is 19.9 Å². The number of amides is 3. The molecule has 0 saturated carbocycles. The number of aliphatic hydroxyl groups excluding tert-OH is 1. The van der Waals surface area contributed by atoms with Gasteiger partial charge in [0.2, 0.25) is 17.7 Å². The predicted molar refractivity (Wildman–Crippen MR) is 121 cm³/mol. The summed E-state index contributed by atoms with van der Waals surface area (Å²) in [5.41, 5.74) is 6.33. The summed E-state index contributed by atoms with van der Waals surface area (Å²) in [4.78, 5) is 51.6. The minimum absolute atomic E-state index is 0.0711. The number of likely N-dealkylation sites (tertiary alicyclic amines) is 1. The molecule has 33 heavy (non-hydrogen) atoms. The largest absolute Gasteiger partial charge is 0.480 e. The standard InChI is InChI=1S/C23H34N4O6/c1-14(2)11-17(25-20(29)16(24)13-28)22(31)27-10-6-9-19(27)21(30)26-18(23(32)33)12-15-7-4-3-5-8-15/h3-5,7-8,14,16-19,28H,6,9-13,24H2,1-2H3,(H,25,29)(H,26,30)(H,32,33). The number of aliphatic hydroxyl groups is 1. The Balaban J connectivity index is 2.12. The van der Waals surface area contributed by atoms with E-state index in [0.717, 1.165) is 5.56 Å². The molecule has 1 aliphatic rings. The van der Waals surface area contributed by atoms with E-state index in [0.29, 0.717) is 25.8 Å². The van der Waals surface area contributed by atoms with Gasteiger partial charge in [0.15, 0.2) is 0 Å². The quantitative estimate of drug-likeness (QED) is 0.300. The molecule has 1 aliphatic heterocycles. The molecule has 2 rings (SSSR count). The number of nitrogens with zero attached hydrogens (tertiary/aromatic N) is 1. The summed E-state index contributed by atoms with van der Waals surface area (Å²) in [5.74, 6) is -2.70. The zero-order valence-electron chi connectivity index (χ0n) is 19.1. The van der Waals surface area contributed by atoms with Crippen molar-refractivity contribution in [3.8, 4) is 0 Å². The third-order valence-corrected chi connectivity index (χ3v) is 5.59. The van der Waals surface area contributed by atoms with Crippen molar-refractivity contribution < 1.29 is 29.4 Å². The van der Waals surface area contributed by atoms with Crippen LogP contribution in [0.25, 0.3) is 0 Å². The van der Waals surface area contributed by atoms with Crippen molar-refractivity contribution in [3.05, 3.63) is 35.9 Å². The summed E-state index contributed by atoms with van der Waals surface area (Å²) in [6, 6.07) is 4.95. The molecule has 0 aliphatic carbocycles. The molecule has 0 aromatic heterocycles. The van der Waals surface area contributed by atoms with E-state index in [9.17, 15) is 24.3 Å². The maximum Gasteiger partial charge on any atom is 0.326 e. The van der Waals surface area contributed by atoms with Gasteiger partial charge in [0.25, 0.3) is 0 Å². The van der Waals surface area contributed by atoms with Gasteiger partial charge >= 0.3 is 5.97 Å². The Kier molecular flexibility index (Phi) is 9.80. The summed E-state index contributed by atoms with van der Waals surface area (Å²) in [6.45, 7) is 3.56. The lowest BCUT2D eigenvalue weighted by atomic mass is 10.0. The van der Waals surface area contributed by atoms with Crippen LogP contribution < -0.4 is 16.4 Å². The first kappa shape index (κ1) is 26.3. The normalized spacial score (nSPS) is 18.5. The predicted octanol–water partition coefficient (Wildman–Crippen LogP) is -0.360. The van der Waals surface area contributed by atoms with Crippen LogP contribution in [0.5, 0.6) is 0 Å². The highest BCUT2D eigenvalue weighted by Crippen LogP contribution is 2.21. The number of hydrogen-bond donors (Lipinski definition) is 5. The number of nitrogens with two attached hydrogens (primary N) is 1. The van der Waals surface area contributed by atoms with Gasteiger partial charge in [0.1, 0.15) is 24.2 Å². The average Bonchev–Trinajstić information content (AvgIpc) is 3.27. The van der Waals surface area contributed by atoms with Gasteiger partial charge in [-0.05, 0) is 30.7 Å². The monoisotopic (exact) mass is 462 g/mol. The van der Waals surface area contributed by atoms with E-state index in [1.165, 1.54) is 4.90 Å². The highest BCUT2D eigenvalue weighted by Gasteiger charge is 2.39. The van der Waals surface area contributed by atoms with Gasteiger partial charge in [0.05, 0.1) is 6.61 Å². The van der Waals surface area contributed by atoms with Crippen molar-refractivity contribution in [3.63, 3.8) is 0 Å². The van der Waals surface area contributed by atoms with Gasteiger partial charge in [-0.1, -0.05) is 44.2 Å². The van der Waals surface area contributed by atoms with Crippen molar-refractivity contribution in [2.45, 2.75) is 63.7 Å². The van der Waals surface area contributed by atoms with Crippen molar-refractivity contribution >= 4 is 23.7 Å². The molecular formula is C23H34N4O6. The fourth-order valence-corrected chi connectivity index (χ4v) is 3.88. The smallest absolute Gasteiger partial charge is 0.326 e. The second-order valence-electron chi connectivity index (χ2n) is 8.76. The van der Waals surface area contributed by atoms with E-state index in [2.05, 4.69) is 10.6 Å². The first-order chi connectivity index (χ1) is 15.6. The van der Waals surface area contributed by atoms with E-state index < -0.39 is 54.5 Å². The molecule has 1 fully saturated rings. The molecular weight excluding hydrogens is 428 g/mol. The number of carboxylic acids is 1. The molecule has 1 saturated heterocycles. The third kappa shape index (κ3) is 7.54. The molecule has 6 N–H and O–H groups in total. The van der Waals surface area contributed by atoms with Crippen LogP contribution in [0.3, 0.4) is 0 Å². The minimum atomic E-state index is -1.16. The number of carbonyl (C=O) groups is 4. The van der Waals surface area contributed by atoms with Gasteiger partial charge in [-0.15, -0.1) is 0 Å². The molecule has 1 aromatic rings. The topological polar surface area (TPSA) is 162 Å². The average molecular weight is 463 g/mol. The number of rotatable bonds is 11. The second kappa shape index (κ2) is 12.3. The Labute approximate surface area is 193 Å². The van der Waals surface area contributed by atoms with Gasteiger partial charge in [-0.2, -0.15) is 0 Å². The van der Waals surface area contributed by atoms with Crippen LogP contribution in [0.15, 0.2) is 30.3 Å². The number of aliphatic carboxylic acids is 1. The van der Waals surface area contributed by atoms with Crippen LogP contribution in [0.4, 0.5) is 0 Å². The van der Waals surface area contributed by atoms with E-state index in [-0.39, 0.29) is 12.3 Å². The third-order valence-electron chi connectivity index (χ3n) is 5.59. The highest BCUT2D eigenvalue weighted by atomic mass is 16.4. The molecule has 0 bridgehead atoms. The van der Waals surface area contributed by atoms with Crippen molar-refractivity contribution in [2.75, 3.05) is 13.2 Å². The van der Waals surface area contributed by atoms with Gasteiger partial charge in [-0.3, -0.25) is 14.4 Å². The Bertz CT molecular complexity index is 832. The molecule has 1 heterocycles. The number of benzene rings is 1. The number of carboxylic acid groups (broad SMARTS) is 1. The molecule has 1 aromatic carbocycles. The first-order valence-electron chi connectivity index (χ1n) is 11.2. The molecule has 0 radical (unpaired) electrons. The maximum absolute atomic E-state index is 13.3. The Hall–Kier alpha value is -2.98. The minimum Gasteiger partial charge on any atom is -0.480 e. The van der Waals surface area contributed by atoms with Crippen molar-refractivity contribution in [1.82, 2.24) is 15.5 Å². The van der Waals surface area contributed by atoms with Gasteiger partial charge in [-0.25, -0.2) is 4.79 Å². The molecule has 182 valence electrons. The van der Waals surface area contributed by atoms with E-state index in [1.54, 1.807) is 24.3 Å². The number of carbonyl (C=O) groups excluding carboxylic acids is 3. The van der Waals surface area contributed by atoms with E-state index >= 15 is 0 Å². The lowest BCUT2D eigenvalue weighted by molar-refractivity contribution is -0.145. The van der Waals surface area contributed by atoms with Gasteiger partial charge < -0.3 is 31.5 Å². The Morgan fingerprint density at radius 3 is 2.36 bits per heavy atom. The lowest BCUT2D eigenvalue weighted by Gasteiger charge is -2.30. The molecule has 10 heteroatoms. The van der Waals surface area contributed by atoms with Crippen LogP contribution in [0.2, 0.25) is 0 Å². The SMILES string of the molecule is CC(C)CC(NC(=O)C(N)CO)C(=O)N1CCCC1C(=O)NC(Cc1ccccc1)C(=O)O. The molecule has 4 atom stereocenters. The molecule has 10 nitrogen and oxygen atoms in total. The first-order valence-corrected chi connectivity index (χ1v) is 11.2.